The highest BCUT2D eigenvalue weighted by Gasteiger charge is 2.14. The predicted molar refractivity (Wildman–Crippen MR) is 48.9 cm³/mol. The summed E-state index contributed by atoms with van der Waals surface area (Å²) in [6, 6.07) is 1.44. The third-order valence-electron chi connectivity index (χ3n) is 1.44. The molecule has 1 N–H and O–H groups in total. The Balaban J connectivity index is 3.35. The zero-order valence-electron chi connectivity index (χ0n) is 6.74. The fraction of sp³-hybridized carbons (Fsp3) is 0.125. The summed E-state index contributed by atoms with van der Waals surface area (Å²) in [5.74, 6) is -1.51. The van der Waals surface area contributed by atoms with Crippen LogP contribution in [0.2, 0.25) is 0 Å². The van der Waals surface area contributed by atoms with Gasteiger partial charge in [-0.3, -0.25) is 4.79 Å². The van der Waals surface area contributed by atoms with Gasteiger partial charge in [-0.2, -0.15) is 0 Å². The maximum Gasteiger partial charge on any atom is 0.355 e. The van der Waals surface area contributed by atoms with Gasteiger partial charge in [0, 0.05) is 10.7 Å². The second-order valence-corrected chi connectivity index (χ2v) is 3.33. The molecule has 0 atom stereocenters. The number of carboxylic acids is 1. The number of carbonyl (C=O) groups is 2. The SMILES string of the molecule is CC(=O)c1cc(Br)cnc1C(=O)O. The van der Waals surface area contributed by atoms with Gasteiger partial charge in [0.25, 0.3) is 0 Å². The molecule has 0 spiro atoms. The summed E-state index contributed by atoms with van der Waals surface area (Å²) in [7, 11) is 0. The van der Waals surface area contributed by atoms with Gasteiger partial charge in [-0.05, 0) is 28.9 Å². The van der Waals surface area contributed by atoms with Gasteiger partial charge in [-0.1, -0.05) is 0 Å². The van der Waals surface area contributed by atoms with E-state index in [9.17, 15) is 9.59 Å². The number of Topliss-reactive ketones (excluding diaryl/α,β-unsaturated/α-hetero) is 1. The Bertz CT molecular complexity index is 376. The second kappa shape index (κ2) is 3.66. The summed E-state index contributed by atoms with van der Waals surface area (Å²) in [6.07, 6.45) is 1.34. The van der Waals surface area contributed by atoms with Crippen LogP contribution in [0, 0.1) is 0 Å². The molecule has 0 aliphatic heterocycles. The molecular weight excluding hydrogens is 238 g/mol. The number of carboxylic acid groups (broad SMARTS) is 1. The van der Waals surface area contributed by atoms with Crippen LogP contribution in [0.1, 0.15) is 27.8 Å². The number of aromatic nitrogens is 1. The van der Waals surface area contributed by atoms with Gasteiger partial charge in [-0.15, -0.1) is 0 Å². The topological polar surface area (TPSA) is 67.3 Å². The lowest BCUT2D eigenvalue weighted by molar-refractivity contribution is 0.0685. The van der Waals surface area contributed by atoms with Crippen molar-refractivity contribution in [2.24, 2.45) is 0 Å². The van der Waals surface area contributed by atoms with Crippen molar-refractivity contribution in [1.29, 1.82) is 0 Å². The van der Waals surface area contributed by atoms with E-state index >= 15 is 0 Å². The highest BCUT2D eigenvalue weighted by molar-refractivity contribution is 9.10. The number of hydrogen-bond donors (Lipinski definition) is 1. The molecule has 5 heteroatoms. The van der Waals surface area contributed by atoms with Crippen molar-refractivity contribution >= 4 is 27.7 Å². The van der Waals surface area contributed by atoms with E-state index in [4.69, 9.17) is 5.11 Å². The molecule has 4 nitrogen and oxygen atoms in total. The summed E-state index contributed by atoms with van der Waals surface area (Å²) in [6.45, 7) is 1.30. The average Bonchev–Trinajstić information content (AvgIpc) is 2.03. The number of hydrogen-bond acceptors (Lipinski definition) is 3. The van der Waals surface area contributed by atoms with Gasteiger partial charge in [0.05, 0.1) is 5.56 Å². The molecule has 68 valence electrons. The lowest BCUT2D eigenvalue weighted by atomic mass is 10.1. The van der Waals surface area contributed by atoms with Crippen LogP contribution in [0.4, 0.5) is 0 Å². The normalized spacial score (nSPS) is 9.69. The second-order valence-electron chi connectivity index (χ2n) is 2.41. The number of rotatable bonds is 2. The fourth-order valence-corrected chi connectivity index (χ4v) is 1.21. The van der Waals surface area contributed by atoms with Crippen molar-refractivity contribution in [3.63, 3.8) is 0 Å². The lowest BCUT2D eigenvalue weighted by Crippen LogP contribution is -2.08. The molecule has 1 heterocycles. The van der Waals surface area contributed by atoms with E-state index in [2.05, 4.69) is 20.9 Å². The standard InChI is InChI=1S/C8H6BrNO3/c1-4(11)6-2-5(9)3-10-7(6)8(12)13/h2-3H,1H3,(H,12,13). The van der Waals surface area contributed by atoms with Gasteiger partial charge < -0.3 is 5.11 Å². The van der Waals surface area contributed by atoms with Crippen LogP contribution in [0.3, 0.4) is 0 Å². The smallest absolute Gasteiger partial charge is 0.355 e. The summed E-state index contributed by atoms with van der Waals surface area (Å²) in [4.78, 5) is 25.2. The summed E-state index contributed by atoms with van der Waals surface area (Å²) >= 11 is 3.11. The molecule has 0 fully saturated rings. The number of halogens is 1. The van der Waals surface area contributed by atoms with Crippen LogP contribution in [-0.2, 0) is 0 Å². The third kappa shape index (κ3) is 2.12. The molecule has 0 amide bonds. The first kappa shape index (κ1) is 9.85. The summed E-state index contributed by atoms with van der Waals surface area (Å²) in [5, 5.41) is 8.68. The molecule has 0 unspecified atom stereocenters. The molecule has 0 saturated heterocycles. The quantitative estimate of drug-likeness (QED) is 0.804. The zero-order chi connectivity index (χ0) is 10.0. The van der Waals surface area contributed by atoms with Gasteiger partial charge in [-0.25, -0.2) is 9.78 Å². The Morgan fingerprint density at radius 2 is 2.15 bits per heavy atom. The van der Waals surface area contributed by atoms with E-state index in [0.29, 0.717) is 4.47 Å². The average molecular weight is 244 g/mol. The van der Waals surface area contributed by atoms with Crippen molar-refractivity contribution in [2.45, 2.75) is 6.92 Å². The molecule has 1 aromatic rings. The minimum Gasteiger partial charge on any atom is -0.476 e. The van der Waals surface area contributed by atoms with E-state index in [1.807, 2.05) is 0 Å². The Labute approximate surface area is 82.7 Å². The highest BCUT2D eigenvalue weighted by atomic mass is 79.9. The fourth-order valence-electron chi connectivity index (χ4n) is 0.878. The van der Waals surface area contributed by atoms with E-state index in [0.717, 1.165) is 0 Å². The van der Waals surface area contributed by atoms with Crippen LogP contribution in [0.25, 0.3) is 0 Å². The molecule has 0 bridgehead atoms. The Kier molecular flexibility index (Phi) is 2.77. The third-order valence-corrected chi connectivity index (χ3v) is 1.87. The molecule has 13 heavy (non-hydrogen) atoms. The number of pyridine rings is 1. The largest absolute Gasteiger partial charge is 0.476 e. The van der Waals surface area contributed by atoms with Crippen LogP contribution in [-0.4, -0.2) is 21.8 Å². The van der Waals surface area contributed by atoms with E-state index in [-0.39, 0.29) is 17.0 Å². The molecular formula is C8H6BrNO3. The van der Waals surface area contributed by atoms with E-state index < -0.39 is 5.97 Å². The van der Waals surface area contributed by atoms with Crippen molar-refractivity contribution in [3.8, 4) is 0 Å². The molecule has 1 rings (SSSR count). The van der Waals surface area contributed by atoms with Crippen molar-refractivity contribution in [1.82, 2.24) is 4.98 Å². The highest BCUT2D eigenvalue weighted by Crippen LogP contribution is 2.14. The Hall–Kier alpha value is -1.23. The predicted octanol–water partition coefficient (Wildman–Crippen LogP) is 1.74. The summed E-state index contributed by atoms with van der Waals surface area (Å²) < 4.78 is 0.586. The van der Waals surface area contributed by atoms with Gasteiger partial charge >= 0.3 is 5.97 Å². The minimum atomic E-state index is -1.20. The first-order valence-electron chi connectivity index (χ1n) is 3.42. The molecule has 0 aliphatic rings. The number of ketones is 1. The molecule has 0 radical (unpaired) electrons. The van der Waals surface area contributed by atoms with Crippen LogP contribution in [0.5, 0.6) is 0 Å². The maximum atomic E-state index is 11.0. The first-order chi connectivity index (χ1) is 6.02. The Morgan fingerprint density at radius 1 is 1.54 bits per heavy atom. The van der Waals surface area contributed by atoms with Crippen LogP contribution in [0.15, 0.2) is 16.7 Å². The van der Waals surface area contributed by atoms with Crippen LogP contribution < -0.4 is 0 Å². The molecule has 0 aromatic carbocycles. The number of aromatic carboxylic acids is 1. The van der Waals surface area contributed by atoms with E-state index in [1.165, 1.54) is 19.2 Å². The van der Waals surface area contributed by atoms with Crippen molar-refractivity contribution < 1.29 is 14.7 Å². The summed E-state index contributed by atoms with van der Waals surface area (Å²) in [5.41, 5.74) is -0.0995. The number of carbonyl (C=O) groups excluding carboxylic acids is 1. The zero-order valence-corrected chi connectivity index (χ0v) is 8.33. The van der Waals surface area contributed by atoms with Gasteiger partial charge in [0.15, 0.2) is 11.5 Å². The van der Waals surface area contributed by atoms with E-state index in [1.54, 1.807) is 0 Å². The molecule has 0 aliphatic carbocycles. The maximum absolute atomic E-state index is 11.0. The molecule has 0 saturated carbocycles. The van der Waals surface area contributed by atoms with Gasteiger partial charge in [0.1, 0.15) is 0 Å². The Morgan fingerprint density at radius 3 is 2.62 bits per heavy atom. The lowest BCUT2D eigenvalue weighted by Gasteiger charge is -2.00. The monoisotopic (exact) mass is 243 g/mol. The molecule has 1 aromatic heterocycles. The minimum absolute atomic E-state index is 0.113. The first-order valence-corrected chi connectivity index (χ1v) is 4.21. The van der Waals surface area contributed by atoms with Crippen molar-refractivity contribution in [2.75, 3.05) is 0 Å². The van der Waals surface area contributed by atoms with Gasteiger partial charge in [0.2, 0.25) is 0 Å². The van der Waals surface area contributed by atoms with Crippen LogP contribution >= 0.6 is 15.9 Å². The number of nitrogens with zero attached hydrogens (tertiary/aromatic N) is 1. The van der Waals surface area contributed by atoms with Crippen molar-refractivity contribution in [3.05, 3.63) is 28.0 Å².